The van der Waals surface area contributed by atoms with Crippen LogP contribution in [0.4, 0.5) is 5.82 Å². The fraction of sp³-hybridized carbons (Fsp3) is 0.333. The summed E-state index contributed by atoms with van der Waals surface area (Å²) in [5.74, 6) is 1.49. The molecular weight excluding hydrogens is 256 g/mol. The summed E-state index contributed by atoms with van der Waals surface area (Å²) in [6.07, 6.45) is 0.00556. The van der Waals surface area contributed by atoms with E-state index < -0.39 is 6.10 Å². The van der Waals surface area contributed by atoms with Crippen molar-refractivity contribution in [2.75, 3.05) is 5.32 Å². The zero-order valence-electron chi connectivity index (χ0n) is 11.8. The number of hydrogen-bond acceptors (Lipinski definition) is 4. The molecule has 1 amide bonds. The van der Waals surface area contributed by atoms with E-state index in [9.17, 15) is 4.79 Å². The second-order valence-electron chi connectivity index (χ2n) is 4.64. The Labute approximate surface area is 117 Å². The average Bonchev–Trinajstić information content (AvgIpc) is 2.83. The maximum Gasteiger partial charge on any atom is 0.266 e. The van der Waals surface area contributed by atoms with Gasteiger partial charge in [-0.3, -0.25) is 4.79 Å². The maximum absolute atomic E-state index is 12.1. The highest BCUT2D eigenvalue weighted by atomic mass is 16.5. The molecule has 0 saturated carbocycles. The van der Waals surface area contributed by atoms with Crippen molar-refractivity contribution in [2.45, 2.75) is 33.3 Å². The number of carbonyl (C=O) groups is 1. The second kappa shape index (κ2) is 6.23. The number of anilines is 1. The third kappa shape index (κ3) is 3.60. The highest BCUT2D eigenvalue weighted by Crippen LogP contribution is 2.16. The summed E-state index contributed by atoms with van der Waals surface area (Å²) in [7, 11) is 0. The molecule has 0 aliphatic carbocycles. The number of nitrogens with zero attached hydrogens (tertiary/aromatic N) is 1. The lowest BCUT2D eigenvalue weighted by Crippen LogP contribution is -2.32. The lowest BCUT2D eigenvalue weighted by molar-refractivity contribution is -0.122. The van der Waals surface area contributed by atoms with Gasteiger partial charge in [-0.1, -0.05) is 29.8 Å². The Kier molecular flexibility index (Phi) is 4.40. The van der Waals surface area contributed by atoms with Gasteiger partial charge in [0.05, 0.1) is 0 Å². The Hall–Kier alpha value is -2.30. The number of aromatic nitrogens is 1. The van der Waals surface area contributed by atoms with Gasteiger partial charge >= 0.3 is 0 Å². The lowest BCUT2D eigenvalue weighted by Gasteiger charge is -2.16. The molecule has 106 valence electrons. The van der Waals surface area contributed by atoms with Crippen LogP contribution in [0.2, 0.25) is 0 Å². The molecule has 1 aromatic heterocycles. The normalized spacial score (nSPS) is 11.9. The van der Waals surface area contributed by atoms with Gasteiger partial charge in [0.25, 0.3) is 5.91 Å². The molecule has 20 heavy (non-hydrogen) atoms. The predicted molar refractivity (Wildman–Crippen MR) is 75.8 cm³/mol. The molecule has 2 aromatic rings. The standard InChI is InChI=1S/C15H18N2O3/c1-4-13(19-12-7-5-10(2)6-8-12)15(18)16-14-9-11(3)20-17-14/h5-9,13H,4H2,1-3H3,(H,16,17,18). The number of nitrogens with one attached hydrogen (secondary N) is 1. The first-order valence-corrected chi connectivity index (χ1v) is 6.56. The van der Waals surface area contributed by atoms with Crippen LogP contribution >= 0.6 is 0 Å². The van der Waals surface area contributed by atoms with Crippen molar-refractivity contribution >= 4 is 11.7 Å². The average molecular weight is 274 g/mol. The molecule has 0 aliphatic heterocycles. The van der Waals surface area contributed by atoms with E-state index in [1.165, 1.54) is 0 Å². The molecule has 5 heteroatoms. The Morgan fingerprint density at radius 3 is 2.60 bits per heavy atom. The monoisotopic (exact) mass is 274 g/mol. The molecule has 0 saturated heterocycles. The molecule has 0 aliphatic rings. The summed E-state index contributed by atoms with van der Waals surface area (Å²) in [6, 6.07) is 9.26. The molecule has 1 aromatic carbocycles. The molecule has 2 rings (SSSR count). The number of rotatable bonds is 5. The van der Waals surface area contributed by atoms with Gasteiger partial charge in [0.1, 0.15) is 11.5 Å². The number of ether oxygens (including phenoxy) is 1. The molecule has 1 heterocycles. The summed E-state index contributed by atoms with van der Waals surface area (Å²) in [4.78, 5) is 12.1. The predicted octanol–water partition coefficient (Wildman–Crippen LogP) is 3.09. The minimum Gasteiger partial charge on any atom is -0.481 e. The van der Waals surface area contributed by atoms with Crippen LogP contribution in [-0.2, 0) is 4.79 Å². The smallest absolute Gasteiger partial charge is 0.266 e. The topological polar surface area (TPSA) is 64.4 Å². The SMILES string of the molecule is CCC(Oc1ccc(C)cc1)C(=O)Nc1cc(C)on1. The van der Waals surface area contributed by atoms with Crippen molar-refractivity contribution in [3.63, 3.8) is 0 Å². The van der Waals surface area contributed by atoms with Crippen molar-refractivity contribution in [3.05, 3.63) is 41.7 Å². The zero-order chi connectivity index (χ0) is 14.5. The van der Waals surface area contributed by atoms with Gasteiger partial charge in [-0.05, 0) is 32.4 Å². The van der Waals surface area contributed by atoms with Crippen molar-refractivity contribution in [3.8, 4) is 5.75 Å². The highest BCUT2D eigenvalue weighted by molar-refractivity contribution is 5.93. The van der Waals surface area contributed by atoms with Crippen LogP contribution < -0.4 is 10.1 Å². The fourth-order valence-corrected chi connectivity index (χ4v) is 1.74. The van der Waals surface area contributed by atoms with Crippen molar-refractivity contribution in [1.29, 1.82) is 0 Å². The molecule has 0 fully saturated rings. The van der Waals surface area contributed by atoms with Gasteiger partial charge in [-0.2, -0.15) is 0 Å². The molecular formula is C15H18N2O3. The van der Waals surface area contributed by atoms with Crippen LogP contribution in [-0.4, -0.2) is 17.2 Å². The van der Waals surface area contributed by atoms with Crippen LogP contribution in [0.1, 0.15) is 24.7 Å². The first kappa shape index (κ1) is 14.1. The number of hydrogen-bond donors (Lipinski definition) is 1. The molecule has 5 nitrogen and oxygen atoms in total. The van der Waals surface area contributed by atoms with Gasteiger partial charge in [0.15, 0.2) is 11.9 Å². The highest BCUT2D eigenvalue weighted by Gasteiger charge is 2.19. The van der Waals surface area contributed by atoms with Crippen LogP contribution in [0.3, 0.4) is 0 Å². The van der Waals surface area contributed by atoms with Crippen LogP contribution in [0, 0.1) is 13.8 Å². The van der Waals surface area contributed by atoms with Gasteiger partial charge in [-0.15, -0.1) is 0 Å². The zero-order valence-corrected chi connectivity index (χ0v) is 11.8. The van der Waals surface area contributed by atoms with Crippen LogP contribution in [0.25, 0.3) is 0 Å². The van der Waals surface area contributed by atoms with Gasteiger partial charge in [-0.25, -0.2) is 0 Å². The summed E-state index contributed by atoms with van der Waals surface area (Å²) in [6.45, 7) is 5.66. The molecule has 1 atom stereocenters. The van der Waals surface area contributed by atoms with Crippen LogP contribution in [0.15, 0.2) is 34.9 Å². The van der Waals surface area contributed by atoms with E-state index >= 15 is 0 Å². The Balaban J connectivity index is 2.00. The van der Waals surface area contributed by atoms with Crippen molar-refractivity contribution < 1.29 is 14.1 Å². The summed E-state index contributed by atoms with van der Waals surface area (Å²) >= 11 is 0. The summed E-state index contributed by atoms with van der Waals surface area (Å²) < 4.78 is 10.6. The van der Waals surface area contributed by atoms with E-state index in [-0.39, 0.29) is 5.91 Å². The Bertz CT molecular complexity index is 575. The third-order valence-corrected chi connectivity index (χ3v) is 2.84. The van der Waals surface area contributed by atoms with E-state index in [1.807, 2.05) is 38.1 Å². The van der Waals surface area contributed by atoms with Crippen molar-refractivity contribution in [1.82, 2.24) is 5.16 Å². The van der Waals surface area contributed by atoms with Gasteiger partial charge in [0.2, 0.25) is 0 Å². The summed E-state index contributed by atoms with van der Waals surface area (Å²) in [5, 5.41) is 6.41. The van der Waals surface area contributed by atoms with E-state index in [0.717, 1.165) is 5.56 Å². The Morgan fingerprint density at radius 2 is 2.05 bits per heavy atom. The van der Waals surface area contributed by atoms with Crippen LogP contribution in [0.5, 0.6) is 5.75 Å². The number of carbonyl (C=O) groups excluding carboxylic acids is 1. The third-order valence-electron chi connectivity index (χ3n) is 2.84. The Morgan fingerprint density at radius 1 is 1.35 bits per heavy atom. The first-order valence-electron chi connectivity index (χ1n) is 6.56. The lowest BCUT2D eigenvalue weighted by atomic mass is 10.2. The summed E-state index contributed by atoms with van der Waals surface area (Å²) in [5.41, 5.74) is 1.15. The minimum absolute atomic E-state index is 0.235. The molecule has 0 spiro atoms. The van der Waals surface area contributed by atoms with Gasteiger partial charge in [0, 0.05) is 6.07 Å². The molecule has 1 unspecified atom stereocenters. The fourth-order valence-electron chi connectivity index (χ4n) is 1.74. The number of aryl methyl sites for hydroxylation is 2. The molecule has 1 N–H and O–H groups in total. The maximum atomic E-state index is 12.1. The van der Waals surface area contributed by atoms with E-state index in [4.69, 9.17) is 9.26 Å². The van der Waals surface area contributed by atoms with Crippen molar-refractivity contribution in [2.24, 2.45) is 0 Å². The minimum atomic E-state index is -0.560. The largest absolute Gasteiger partial charge is 0.481 e. The number of benzene rings is 1. The molecule has 0 radical (unpaired) electrons. The van der Waals surface area contributed by atoms with E-state index in [2.05, 4.69) is 10.5 Å². The van der Waals surface area contributed by atoms with E-state index in [1.54, 1.807) is 13.0 Å². The first-order chi connectivity index (χ1) is 9.58. The molecule has 0 bridgehead atoms. The van der Waals surface area contributed by atoms with E-state index in [0.29, 0.717) is 23.7 Å². The second-order valence-corrected chi connectivity index (χ2v) is 4.64. The number of amides is 1. The van der Waals surface area contributed by atoms with Gasteiger partial charge < -0.3 is 14.6 Å². The quantitative estimate of drug-likeness (QED) is 0.910.